The molecular formula is C23H21N5O. The topological polar surface area (TPSA) is 71.8 Å². The highest BCUT2D eigenvalue weighted by molar-refractivity contribution is 5.89. The first-order chi connectivity index (χ1) is 14.2. The van der Waals surface area contributed by atoms with Crippen LogP contribution in [0.5, 0.6) is 0 Å². The molecule has 0 radical (unpaired) electrons. The number of nitrogens with zero attached hydrogens (tertiary/aromatic N) is 3. The SMILES string of the molecule is CC(NC(=O)Nc1cnn(-c2ccccc2)c1)c1ccc(-c2ccncc2)cc1. The van der Waals surface area contributed by atoms with Crippen LogP contribution in [0.1, 0.15) is 18.5 Å². The molecule has 1 atom stereocenters. The van der Waals surface area contributed by atoms with Crippen LogP contribution in [0.15, 0.2) is 91.5 Å². The summed E-state index contributed by atoms with van der Waals surface area (Å²) in [6.07, 6.45) is 6.96. The molecule has 0 aliphatic carbocycles. The van der Waals surface area contributed by atoms with Crippen LogP contribution < -0.4 is 10.6 Å². The number of para-hydroxylation sites is 1. The van der Waals surface area contributed by atoms with Crippen LogP contribution in [-0.4, -0.2) is 20.8 Å². The van der Waals surface area contributed by atoms with Gasteiger partial charge in [-0.05, 0) is 47.9 Å². The second kappa shape index (κ2) is 8.39. The molecule has 0 fully saturated rings. The number of hydrogen-bond donors (Lipinski definition) is 2. The Morgan fingerprint density at radius 1 is 0.931 bits per heavy atom. The third kappa shape index (κ3) is 4.50. The monoisotopic (exact) mass is 383 g/mol. The molecule has 1 unspecified atom stereocenters. The minimum absolute atomic E-state index is 0.134. The van der Waals surface area contributed by atoms with Gasteiger partial charge in [-0.1, -0.05) is 42.5 Å². The van der Waals surface area contributed by atoms with Gasteiger partial charge >= 0.3 is 6.03 Å². The highest BCUT2D eigenvalue weighted by atomic mass is 16.2. The Morgan fingerprint density at radius 3 is 2.34 bits per heavy atom. The van der Waals surface area contributed by atoms with Crippen molar-refractivity contribution >= 4 is 11.7 Å². The van der Waals surface area contributed by atoms with Gasteiger partial charge in [-0.2, -0.15) is 5.10 Å². The van der Waals surface area contributed by atoms with Gasteiger partial charge in [0, 0.05) is 12.4 Å². The lowest BCUT2D eigenvalue weighted by Crippen LogP contribution is -2.31. The molecule has 0 saturated heterocycles. The van der Waals surface area contributed by atoms with Gasteiger partial charge in [0.2, 0.25) is 0 Å². The Hall–Kier alpha value is -3.93. The number of aromatic nitrogens is 3. The van der Waals surface area contributed by atoms with Gasteiger partial charge in [0.1, 0.15) is 0 Å². The van der Waals surface area contributed by atoms with E-state index in [0.717, 1.165) is 22.4 Å². The first-order valence-electron chi connectivity index (χ1n) is 9.37. The molecule has 2 heterocycles. The van der Waals surface area contributed by atoms with E-state index >= 15 is 0 Å². The summed E-state index contributed by atoms with van der Waals surface area (Å²) in [6.45, 7) is 1.95. The fourth-order valence-electron chi connectivity index (χ4n) is 3.07. The number of urea groups is 1. The predicted molar refractivity (Wildman–Crippen MR) is 114 cm³/mol. The van der Waals surface area contributed by atoms with E-state index in [9.17, 15) is 4.79 Å². The number of nitrogens with one attached hydrogen (secondary N) is 2. The minimum atomic E-state index is -0.275. The summed E-state index contributed by atoms with van der Waals surface area (Å²) in [5.74, 6) is 0. The van der Waals surface area contributed by atoms with Crippen molar-refractivity contribution in [3.05, 3.63) is 97.1 Å². The largest absolute Gasteiger partial charge is 0.331 e. The van der Waals surface area contributed by atoms with E-state index < -0.39 is 0 Å². The Morgan fingerprint density at radius 2 is 1.62 bits per heavy atom. The summed E-state index contributed by atoms with van der Waals surface area (Å²) in [4.78, 5) is 16.4. The molecule has 0 spiro atoms. The highest BCUT2D eigenvalue weighted by Crippen LogP contribution is 2.21. The molecule has 2 aromatic carbocycles. The Kier molecular flexibility index (Phi) is 5.33. The van der Waals surface area contributed by atoms with Crippen molar-refractivity contribution < 1.29 is 4.79 Å². The van der Waals surface area contributed by atoms with Crippen LogP contribution in [0.2, 0.25) is 0 Å². The first-order valence-corrected chi connectivity index (χ1v) is 9.37. The Bertz CT molecular complexity index is 1080. The second-order valence-electron chi connectivity index (χ2n) is 6.69. The molecule has 0 aliphatic rings. The first kappa shape index (κ1) is 18.4. The summed E-state index contributed by atoms with van der Waals surface area (Å²) >= 11 is 0. The number of carbonyl (C=O) groups is 1. The van der Waals surface area contributed by atoms with Gasteiger partial charge < -0.3 is 10.6 Å². The number of rotatable bonds is 5. The molecule has 4 aromatic rings. The lowest BCUT2D eigenvalue weighted by atomic mass is 10.0. The smallest absolute Gasteiger partial charge is 0.319 e. The van der Waals surface area contributed by atoms with Crippen molar-refractivity contribution in [2.24, 2.45) is 0 Å². The van der Waals surface area contributed by atoms with Crippen LogP contribution >= 0.6 is 0 Å². The van der Waals surface area contributed by atoms with E-state index in [1.807, 2.05) is 73.7 Å². The zero-order valence-corrected chi connectivity index (χ0v) is 16.0. The van der Waals surface area contributed by atoms with Gasteiger partial charge in [0.15, 0.2) is 0 Å². The van der Waals surface area contributed by atoms with Crippen LogP contribution in [-0.2, 0) is 0 Å². The van der Waals surface area contributed by atoms with E-state index in [2.05, 4.69) is 20.7 Å². The maximum absolute atomic E-state index is 12.4. The van der Waals surface area contributed by atoms with Crippen LogP contribution in [0.3, 0.4) is 0 Å². The molecule has 2 aromatic heterocycles. The summed E-state index contributed by atoms with van der Waals surface area (Å²) in [6, 6.07) is 21.4. The van der Waals surface area contributed by atoms with Gasteiger partial charge in [-0.15, -0.1) is 0 Å². The molecule has 6 nitrogen and oxygen atoms in total. The summed E-state index contributed by atoms with van der Waals surface area (Å²) < 4.78 is 1.72. The highest BCUT2D eigenvalue weighted by Gasteiger charge is 2.11. The van der Waals surface area contributed by atoms with Crippen molar-refractivity contribution in [1.29, 1.82) is 0 Å². The average Bonchev–Trinajstić information content (AvgIpc) is 3.23. The molecule has 2 N–H and O–H groups in total. The lowest BCUT2D eigenvalue weighted by molar-refractivity contribution is 0.249. The summed E-state index contributed by atoms with van der Waals surface area (Å²) in [7, 11) is 0. The normalized spacial score (nSPS) is 11.6. The van der Waals surface area contributed by atoms with Crippen LogP contribution in [0, 0.1) is 0 Å². The number of pyridine rings is 1. The Balaban J connectivity index is 1.37. The quantitative estimate of drug-likeness (QED) is 0.519. The fraction of sp³-hybridized carbons (Fsp3) is 0.0870. The molecule has 0 saturated carbocycles. The van der Waals surface area contributed by atoms with Gasteiger partial charge in [0.05, 0.1) is 29.8 Å². The van der Waals surface area contributed by atoms with E-state index in [1.54, 1.807) is 29.5 Å². The Labute approximate surface area is 169 Å². The van der Waals surface area contributed by atoms with E-state index in [-0.39, 0.29) is 12.1 Å². The predicted octanol–water partition coefficient (Wildman–Crippen LogP) is 4.82. The third-order valence-corrected chi connectivity index (χ3v) is 4.63. The number of benzene rings is 2. The van der Waals surface area contributed by atoms with Crippen molar-refractivity contribution in [2.75, 3.05) is 5.32 Å². The van der Waals surface area contributed by atoms with Crippen molar-refractivity contribution in [2.45, 2.75) is 13.0 Å². The summed E-state index contributed by atoms with van der Waals surface area (Å²) in [5, 5.41) is 10.1. The number of amides is 2. The molecule has 6 heteroatoms. The minimum Gasteiger partial charge on any atom is -0.331 e. The molecule has 2 amide bonds. The lowest BCUT2D eigenvalue weighted by Gasteiger charge is -2.15. The van der Waals surface area contributed by atoms with Gasteiger partial charge in [0.25, 0.3) is 0 Å². The molecule has 0 bridgehead atoms. The van der Waals surface area contributed by atoms with E-state index in [1.165, 1.54) is 0 Å². The van der Waals surface area contributed by atoms with Crippen molar-refractivity contribution in [3.8, 4) is 16.8 Å². The number of anilines is 1. The summed E-state index contributed by atoms with van der Waals surface area (Å²) in [5.41, 5.74) is 4.81. The van der Waals surface area contributed by atoms with Gasteiger partial charge in [-0.25, -0.2) is 9.48 Å². The zero-order valence-electron chi connectivity index (χ0n) is 16.0. The molecule has 4 rings (SSSR count). The molecular weight excluding hydrogens is 362 g/mol. The number of hydrogen-bond acceptors (Lipinski definition) is 3. The maximum atomic E-state index is 12.4. The molecule has 0 aliphatic heterocycles. The van der Waals surface area contributed by atoms with Crippen molar-refractivity contribution in [3.63, 3.8) is 0 Å². The third-order valence-electron chi connectivity index (χ3n) is 4.63. The fourth-order valence-corrected chi connectivity index (χ4v) is 3.07. The van der Waals surface area contributed by atoms with Gasteiger partial charge in [-0.3, -0.25) is 4.98 Å². The van der Waals surface area contributed by atoms with Crippen LogP contribution in [0.4, 0.5) is 10.5 Å². The van der Waals surface area contributed by atoms with Crippen molar-refractivity contribution in [1.82, 2.24) is 20.1 Å². The zero-order chi connectivity index (χ0) is 20.1. The standard InChI is InChI=1S/C23H21N5O/c1-17(18-7-9-19(10-8-18)20-11-13-24-14-12-20)26-23(29)27-21-15-25-28(16-21)22-5-3-2-4-6-22/h2-17H,1H3,(H2,26,27,29). The van der Waals surface area contributed by atoms with Crippen LogP contribution in [0.25, 0.3) is 16.8 Å². The average molecular weight is 383 g/mol. The molecule has 29 heavy (non-hydrogen) atoms. The molecule has 144 valence electrons. The van der Waals surface area contributed by atoms with E-state index in [0.29, 0.717) is 5.69 Å². The maximum Gasteiger partial charge on any atom is 0.319 e. The van der Waals surface area contributed by atoms with E-state index in [4.69, 9.17) is 0 Å². The second-order valence-corrected chi connectivity index (χ2v) is 6.69. The number of carbonyl (C=O) groups excluding carboxylic acids is 1.